The summed E-state index contributed by atoms with van der Waals surface area (Å²) in [6.45, 7) is 8.76. The maximum Gasteiger partial charge on any atom is 0.125 e. The smallest absolute Gasteiger partial charge is 0.125 e. The fourth-order valence-corrected chi connectivity index (χ4v) is 2.07. The van der Waals surface area contributed by atoms with Gasteiger partial charge in [-0.15, -0.1) is 0 Å². The van der Waals surface area contributed by atoms with E-state index in [1.807, 2.05) is 20.8 Å². The zero-order valence-electron chi connectivity index (χ0n) is 13.0. The molecule has 1 aromatic rings. The molecule has 1 aromatic carbocycles. The zero-order valence-corrected chi connectivity index (χ0v) is 13.0. The van der Waals surface area contributed by atoms with Gasteiger partial charge in [-0.2, -0.15) is 0 Å². The topological polar surface area (TPSA) is 50.7 Å². The van der Waals surface area contributed by atoms with Gasteiger partial charge in [0.15, 0.2) is 0 Å². The molecule has 0 saturated heterocycles. The van der Waals surface area contributed by atoms with Crippen LogP contribution in [0.5, 0.6) is 5.75 Å². The summed E-state index contributed by atoms with van der Waals surface area (Å²) in [5.74, 6) is 0.887. The number of rotatable bonds is 9. The molecule has 0 bridgehead atoms. The lowest BCUT2D eigenvalue weighted by molar-refractivity contribution is 0.103. The third kappa shape index (κ3) is 5.49. The number of benzene rings is 1. The molecule has 1 unspecified atom stereocenters. The van der Waals surface area contributed by atoms with Crippen LogP contribution in [0.1, 0.15) is 30.0 Å². The third-order valence-electron chi connectivity index (χ3n) is 3.22. The number of hydrogen-bond acceptors (Lipinski definition) is 4. The minimum Gasteiger partial charge on any atom is -0.490 e. The highest BCUT2D eigenvalue weighted by atomic mass is 16.5. The molecule has 4 heteroatoms. The Kier molecular flexibility index (Phi) is 7.59. The molecule has 0 saturated carbocycles. The summed E-state index contributed by atoms with van der Waals surface area (Å²) in [6.07, 6.45) is 0.309. The number of aliphatic hydroxyl groups is 1. The minimum absolute atomic E-state index is 0.351. The monoisotopic (exact) mass is 281 g/mol. The Morgan fingerprint density at radius 3 is 2.45 bits per heavy atom. The van der Waals surface area contributed by atoms with Gasteiger partial charge in [-0.1, -0.05) is 19.1 Å². The summed E-state index contributed by atoms with van der Waals surface area (Å²) in [5, 5.41) is 12.9. The van der Waals surface area contributed by atoms with Crippen LogP contribution in [0.15, 0.2) is 12.1 Å². The Hall–Kier alpha value is -1.10. The van der Waals surface area contributed by atoms with Crippen LogP contribution in [0.25, 0.3) is 0 Å². The summed E-state index contributed by atoms with van der Waals surface area (Å²) in [5.41, 5.74) is 3.45. The number of methoxy groups -OCH3 is 1. The molecule has 0 aliphatic rings. The van der Waals surface area contributed by atoms with Crippen molar-refractivity contribution in [3.8, 4) is 5.75 Å². The molecule has 114 valence electrons. The Morgan fingerprint density at radius 1 is 1.25 bits per heavy atom. The number of aliphatic hydroxyl groups excluding tert-OH is 1. The average Bonchev–Trinajstić information content (AvgIpc) is 2.42. The van der Waals surface area contributed by atoms with Crippen LogP contribution < -0.4 is 10.1 Å². The van der Waals surface area contributed by atoms with Crippen LogP contribution in [0.3, 0.4) is 0 Å². The van der Waals surface area contributed by atoms with Crippen LogP contribution in [0, 0.1) is 13.8 Å². The normalized spacial score (nSPS) is 12.4. The van der Waals surface area contributed by atoms with Gasteiger partial charge in [-0.3, -0.25) is 0 Å². The minimum atomic E-state index is -0.399. The van der Waals surface area contributed by atoms with E-state index >= 15 is 0 Å². The first-order valence-corrected chi connectivity index (χ1v) is 7.19. The van der Waals surface area contributed by atoms with E-state index in [9.17, 15) is 5.11 Å². The second-order valence-corrected chi connectivity index (χ2v) is 5.10. The summed E-state index contributed by atoms with van der Waals surface area (Å²) in [7, 11) is 1.70. The summed E-state index contributed by atoms with van der Waals surface area (Å²) < 4.78 is 10.7. The van der Waals surface area contributed by atoms with Gasteiger partial charge < -0.3 is 19.9 Å². The van der Waals surface area contributed by atoms with Crippen molar-refractivity contribution < 1.29 is 14.6 Å². The molecular weight excluding hydrogens is 254 g/mol. The predicted octanol–water partition coefficient (Wildman–Crippen LogP) is 2.19. The number of nitrogens with one attached hydrogen (secondary N) is 1. The lowest BCUT2D eigenvalue weighted by Crippen LogP contribution is -2.19. The van der Waals surface area contributed by atoms with Gasteiger partial charge in [0.2, 0.25) is 0 Å². The van der Waals surface area contributed by atoms with Gasteiger partial charge in [0, 0.05) is 20.2 Å². The summed E-state index contributed by atoms with van der Waals surface area (Å²) in [4.78, 5) is 0. The SMILES string of the molecule is CCC(O)COc1c(C)cc(CNCCOC)cc1C. The van der Waals surface area contributed by atoms with E-state index in [0.717, 1.165) is 30.0 Å². The van der Waals surface area contributed by atoms with E-state index < -0.39 is 6.10 Å². The highest BCUT2D eigenvalue weighted by molar-refractivity contribution is 5.43. The lowest BCUT2D eigenvalue weighted by atomic mass is 10.1. The second-order valence-electron chi connectivity index (χ2n) is 5.10. The van der Waals surface area contributed by atoms with Gasteiger partial charge in [0.25, 0.3) is 0 Å². The van der Waals surface area contributed by atoms with Crippen LogP contribution in [0.2, 0.25) is 0 Å². The van der Waals surface area contributed by atoms with Crippen molar-refractivity contribution in [3.63, 3.8) is 0 Å². The quantitative estimate of drug-likeness (QED) is 0.681. The number of aryl methyl sites for hydroxylation is 2. The molecule has 0 aliphatic heterocycles. The van der Waals surface area contributed by atoms with E-state index in [0.29, 0.717) is 19.6 Å². The molecule has 0 amide bonds. The molecule has 1 rings (SSSR count). The largest absolute Gasteiger partial charge is 0.490 e. The molecule has 0 radical (unpaired) electrons. The second kappa shape index (κ2) is 8.95. The van der Waals surface area contributed by atoms with E-state index in [1.54, 1.807) is 7.11 Å². The molecule has 1 atom stereocenters. The Bertz CT molecular complexity index is 384. The standard InChI is InChI=1S/C16H27NO3/c1-5-15(18)11-20-16-12(2)8-14(9-13(16)3)10-17-6-7-19-4/h8-9,15,17-18H,5-7,10-11H2,1-4H3. The van der Waals surface area contributed by atoms with Crippen LogP contribution >= 0.6 is 0 Å². The molecule has 0 aliphatic carbocycles. The average molecular weight is 281 g/mol. The molecule has 0 heterocycles. The van der Waals surface area contributed by atoms with E-state index in [4.69, 9.17) is 9.47 Å². The molecule has 0 spiro atoms. The van der Waals surface area contributed by atoms with Gasteiger partial charge in [0.05, 0.1) is 12.7 Å². The van der Waals surface area contributed by atoms with Gasteiger partial charge in [-0.25, -0.2) is 0 Å². The van der Waals surface area contributed by atoms with Crippen molar-refractivity contribution in [2.45, 2.75) is 39.8 Å². The van der Waals surface area contributed by atoms with Gasteiger partial charge in [0.1, 0.15) is 12.4 Å². The third-order valence-corrected chi connectivity index (χ3v) is 3.22. The first kappa shape index (κ1) is 17.0. The van der Waals surface area contributed by atoms with E-state index in [-0.39, 0.29) is 0 Å². The highest BCUT2D eigenvalue weighted by Crippen LogP contribution is 2.25. The van der Waals surface area contributed by atoms with Crippen molar-refractivity contribution >= 4 is 0 Å². The van der Waals surface area contributed by atoms with E-state index in [2.05, 4.69) is 17.4 Å². The Balaban J connectivity index is 2.61. The number of hydrogen-bond donors (Lipinski definition) is 2. The Labute approximate surface area is 122 Å². The van der Waals surface area contributed by atoms with Gasteiger partial charge >= 0.3 is 0 Å². The van der Waals surface area contributed by atoms with Crippen LogP contribution in [-0.2, 0) is 11.3 Å². The first-order valence-electron chi connectivity index (χ1n) is 7.19. The van der Waals surface area contributed by atoms with Crippen molar-refractivity contribution in [1.29, 1.82) is 0 Å². The van der Waals surface area contributed by atoms with Crippen molar-refractivity contribution in [3.05, 3.63) is 28.8 Å². The molecule has 4 nitrogen and oxygen atoms in total. The maximum absolute atomic E-state index is 9.58. The fourth-order valence-electron chi connectivity index (χ4n) is 2.07. The number of ether oxygens (including phenoxy) is 2. The molecular formula is C16H27NO3. The molecule has 2 N–H and O–H groups in total. The molecule has 0 aromatic heterocycles. The molecule has 0 fully saturated rings. The van der Waals surface area contributed by atoms with E-state index in [1.165, 1.54) is 5.56 Å². The van der Waals surface area contributed by atoms with Gasteiger partial charge in [-0.05, 0) is 37.0 Å². The fraction of sp³-hybridized carbons (Fsp3) is 0.625. The zero-order chi connectivity index (χ0) is 15.0. The van der Waals surface area contributed by atoms with Crippen molar-refractivity contribution in [2.75, 3.05) is 26.9 Å². The predicted molar refractivity (Wildman–Crippen MR) is 81.3 cm³/mol. The first-order chi connectivity index (χ1) is 9.58. The van der Waals surface area contributed by atoms with Crippen LogP contribution in [-0.4, -0.2) is 38.1 Å². The highest BCUT2D eigenvalue weighted by Gasteiger charge is 2.09. The van der Waals surface area contributed by atoms with Crippen molar-refractivity contribution in [2.24, 2.45) is 0 Å². The van der Waals surface area contributed by atoms with Crippen LogP contribution in [0.4, 0.5) is 0 Å². The summed E-state index contributed by atoms with van der Waals surface area (Å²) >= 11 is 0. The summed E-state index contributed by atoms with van der Waals surface area (Å²) in [6, 6.07) is 4.25. The lowest BCUT2D eigenvalue weighted by Gasteiger charge is -2.16. The maximum atomic E-state index is 9.58. The Morgan fingerprint density at radius 2 is 1.90 bits per heavy atom. The molecule has 20 heavy (non-hydrogen) atoms. The van der Waals surface area contributed by atoms with Crippen molar-refractivity contribution in [1.82, 2.24) is 5.32 Å².